The van der Waals surface area contributed by atoms with Crippen molar-refractivity contribution in [2.45, 2.75) is 52.9 Å². The first-order chi connectivity index (χ1) is 6.34. The Labute approximate surface area is 85.2 Å². The van der Waals surface area contributed by atoms with Crippen molar-refractivity contribution in [1.82, 2.24) is 0 Å². The van der Waals surface area contributed by atoms with E-state index in [1.54, 1.807) is 20.8 Å². The number of rotatable bonds is 4. The summed E-state index contributed by atoms with van der Waals surface area (Å²) in [5.74, 6) is 0.254. The molecule has 0 aromatic rings. The summed E-state index contributed by atoms with van der Waals surface area (Å²) in [6, 6.07) is 0. The van der Waals surface area contributed by atoms with Crippen LogP contribution < -0.4 is 0 Å². The van der Waals surface area contributed by atoms with Crippen molar-refractivity contribution in [3.05, 3.63) is 0 Å². The molecule has 0 saturated heterocycles. The van der Waals surface area contributed by atoms with Gasteiger partial charge in [0.25, 0.3) is 0 Å². The Balaban J connectivity index is 3.87. The molecule has 4 nitrogen and oxygen atoms in total. The highest BCUT2D eigenvalue weighted by molar-refractivity contribution is 5.60. The van der Waals surface area contributed by atoms with Crippen LogP contribution >= 0.6 is 0 Å². The van der Waals surface area contributed by atoms with Crippen LogP contribution in [0.1, 0.15) is 34.6 Å². The van der Waals surface area contributed by atoms with Gasteiger partial charge in [-0.25, -0.2) is 4.79 Å². The van der Waals surface area contributed by atoms with Crippen molar-refractivity contribution >= 4 is 6.16 Å². The molecular formula is C10H20O4. The van der Waals surface area contributed by atoms with Crippen LogP contribution in [0.2, 0.25) is 0 Å². The van der Waals surface area contributed by atoms with Crippen molar-refractivity contribution in [3.8, 4) is 0 Å². The molecule has 3 atom stereocenters. The van der Waals surface area contributed by atoms with Gasteiger partial charge < -0.3 is 14.6 Å². The first-order valence-corrected chi connectivity index (χ1v) is 4.90. The Kier molecular flexibility index (Phi) is 5.53. The lowest BCUT2D eigenvalue weighted by Gasteiger charge is -2.19. The molecule has 0 rings (SSSR count). The Morgan fingerprint density at radius 2 is 1.43 bits per heavy atom. The van der Waals surface area contributed by atoms with Crippen molar-refractivity contribution in [2.75, 3.05) is 0 Å². The maximum absolute atomic E-state index is 11.1. The zero-order valence-electron chi connectivity index (χ0n) is 9.48. The van der Waals surface area contributed by atoms with Gasteiger partial charge in [-0.05, 0) is 26.7 Å². The maximum atomic E-state index is 11.1. The van der Waals surface area contributed by atoms with Gasteiger partial charge >= 0.3 is 6.16 Å². The monoisotopic (exact) mass is 204 g/mol. The predicted molar refractivity (Wildman–Crippen MR) is 53.0 cm³/mol. The molecule has 0 aliphatic carbocycles. The first kappa shape index (κ1) is 13.2. The molecule has 0 aliphatic rings. The summed E-state index contributed by atoms with van der Waals surface area (Å²) in [4.78, 5) is 11.1. The van der Waals surface area contributed by atoms with Gasteiger partial charge in [-0.15, -0.1) is 0 Å². The summed E-state index contributed by atoms with van der Waals surface area (Å²) in [5.41, 5.74) is 0. The standard InChI is InChI=1S/C10H20O4/c1-6(2)8(4)13-10(12)14-9(5)7(3)11/h6-9,11H,1-5H3. The summed E-state index contributed by atoms with van der Waals surface area (Å²) in [7, 11) is 0. The first-order valence-electron chi connectivity index (χ1n) is 4.90. The quantitative estimate of drug-likeness (QED) is 0.711. The SMILES string of the molecule is CC(C)C(C)OC(=O)OC(C)C(C)O. The number of aliphatic hydroxyl groups is 1. The molecule has 0 aliphatic heterocycles. The van der Waals surface area contributed by atoms with Gasteiger partial charge in [-0.3, -0.25) is 0 Å². The number of carbonyl (C=O) groups is 1. The van der Waals surface area contributed by atoms with Crippen LogP contribution in [0.4, 0.5) is 4.79 Å². The Morgan fingerprint density at radius 1 is 1.00 bits per heavy atom. The minimum Gasteiger partial charge on any atom is -0.431 e. The van der Waals surface area contributed by atoms with Crippen LogP contribution in [0.15, 0.2) is 0 Å². The second kappa shape index (κ2) is 5.86. The fourth-order valence-corrected chi connectivity index (χ4v) is 0.566. The highest BCUT2D eigenvalue weighted by atomic mass is 16.7. The Morgan fingerprint density at radius 3 is 1.79 bits per heavy atom. The summed E-state index contributed by atoms with van der Waals surface area (Å²) < 4.78 is 9.78. The fraction of sp³-hybridized carbons (Fsp3) is 0.900. The molecule has 0 aromatic carbocycles. The molecule has 3 unspecified atom stereocenters. The van der Waals surface area contributed by atoms with E-state index in [0.717, 1.165) is 0 Å². The van der Waals surface area contributed by atoms with E-state index in [0.29, 0.717) is 0 Å². The molecule has 0 aromatic heterocycles. The minimum atomic E-state index is -0.723. The smallest absolute Gasteiger partial charge is 0.431 e. The molecule has 0 saturated carbocycles. The van der Waals surface area contributed by atoms with E-state index in [1.807, 2.05) is 13.8 Å². The largest absolute Gasteiger partial charge is 0.508 e. The molecule has 4 heteroatoms. The van der Waals surface area contributed by atoms with E-state index in [9.17, 15) is 4.79 Å². The Bertz CT molecular complexity index is 159. The lowest BCUT2D eigenvalue weighted by Crippen LogP contribution is -2.29. The van der Waals surface area contributed by atoms with Crippen molar-refractivity contribution in [2.24, 2.45) is 5.92 Å². The van der Waals surface area contributed by atoms with Crippen LogP contribution in [-0.4, -0.2) is 29.6 Å². The second-order valence-corrected chi connectivity index (χ2v) is 3.88. The molecule has 0 bridgehead atoms. The van der Waals surface area contributed by atoms with Gasteiger partial charge in [-0.2, -0.15) is 0 Å². The van der Waals surface area contributed by atoms with Gasteiger partial charge in [0.05, 0.1) is 6.10 Å². The highest BCUT2D eigenvalue weighted by Gasteiger charge is 2.18. The zero-order valence-corrected chi connectivity index (χ0v) is 9.48. The van der Waals surface area contributed by atoms with Crippen LogP contribution in [0.25, 0.3) is 0 Å². The van der Waals surface area contributed by atoms with Crippen LogP contribution in [0.5, 0.6) is 0 Å². The summed E-state index contributed by atoms with van der Waals surface area (Å²) in [6.45, 7) is 8.89. The lowest BCUT2D eigenvalue weighted by atomic mass is 10.1. The second-order valence-electron chi connectivity index (χ2n) is 3.88. The molecule has 0 fully saturated rings. The molecule has 1 N–H and O–H groups in total. The van der Waals surface area contributed by atoms with Crippen molar-refractivity contribution < 1.29 is 19.4 Å². The number of hydrogen-bond donors (Lipinski definition) is 1. The third-order valence-electron chi connectivity index (χ3n) is 2.18. The van der Waals surface area contributed by atoms with E-state index in [1.165, 1.54) is 0 Å². The zero-order chi connectivity index (χ0) is 11.3. The van der Waals surface area contributed by atoms with E-state index in [4.69, 9.17) is 14.6 Å². The van der Waals surface area contributed by atoms with Gasteiger partial charge in [0.15, 0.2) is 0 Å². The number of hydrogen-bond acceptors (Lipinski definition) is 4. The van der Waals surface area contributed by atoms with Gasteiger partial charge in [0, 0.05) is 0 Å². The van der Waals surface area contributed by atoms with Crippen LogP contribution in [0.3, 0.4) is 0 Å². The fourth-order valence-electron chi connectivity index (χ4n) is 0.566. The third kappa shape index (κ3) is 5.07. The Hall–Kier alpha value is -0.770. The maximum Gasteiger partial charge on any atom is 0.508 e. The highest BCUT2D eigenvalue weighted by Crippen LogP contribution is 2.08. The van der Waals surface area contributed by atoms with Crippen LogP contribution in [0, 0.1) is 5.92 Å². The molecule has 0 radical (unpaired) electrons. The molecular weight excluding hydrogens is 184 g/mol. The van der Waals surface area contributed by atoms with E-state index < -0.39 is 18.4 Å². The summed E-state index contributed by atoms with van der Waals surface area (Å²) >= 11 is 0. The normalized spacial score (nSPS) is 17.4. The molecule has 0 spiro atoms. The average molecular weight is 204 g/mol. The molecule has 84 valence electrons. The van der Waals surface area contributed by atoms with E-state index in [2.05, 4.69) is 0 Å². The minimum absolute atomic E-state index is 0.177. The summed E-state index contributed by atoms with van der Waals surface area (Å²) in [6.07, 6.45) is -2.12. The number of aliphatic hydroxyl groups excluding tert-OH is 1. The van der Waals surface area contributed by atoms with E-state index >= 15 is 0 Å². The molecule has 0 heterocycles. The third-order valence-corrected chi connectivity index (χ3v) is 2.18. The van der Waals surface area contributed by atoms with Crippen molar-refractivity contribution in [1.29, 1.82) is 0 Å². The van der Waals surface area contributed by atoms with E-state index in [-0.39, 0.29) is 12.0 Å². The topological polar surface area (TPSA) is 55.8 Å². The van der Waals surface area contributed by atoms with Crippen LogP contribution in [-0.2, 0) is 9.47 Å². The van der Waals surface area contributed by atoms with Gasteiger partial charge in [-0.1, -0.05) is 13.8 Å². The predicted octanol–water partition coefficient (Wildman–Crippen LogP) is 1.95. The number of carbonyl (C=O) groups excluding carboxylic acids is 1. The average Bonchev–Trinajstić information content (AvgIpc) is 2.03. The van der Waals surface area contributed by atoms with Gasteiger partial charge in [0.2, 0.25) is 0 Å². The molecule has 0 amide bonds. The van der Waals surface area contributed by atoms with Crippen molar-refractivity contribution in [3.63, 3.8) is 0 Å². The lowest BCUT2D eigenvalue weighted by molar-refractivity contribution is -0.0366. The summed E-state index contributed by atoms with van der Waals surface area (Å²) in [5, 5.41) is 9.08. The van der Waals surface area contributed by atoms with Gasteiger partial charge in [0.1, 0.15) is 12.2 Å². The number of ether oxygens (including phenoxy) is 2. The molecule has 14 heavy (non-hydrogen) atoms.